The van der Waals surface area contributed by atoms with Crippen LogP contribution in [0.5, 0.6) is 0 Å². The van der Waals surface area contributed by atoms with Crippen LogP contribution in [0.15, 0.2) is 30.3 Å². The molecule has 4 heteroatoms. The third kappa shape index (κ3) is 1.75. The lowest BCUT2D eigenvalue weighted by atomic mass is 9.86. The SMILES string of the molecule is Cc1ccc(F)c(C2(O)CCc3cc(F)ccc32)c1F. The number of halogens is 3. The molecular formula is C16H13F3O. The maximum absolute atomic E-state index is 14.3. The van der Waals surface area contributed by atoms with E-state index in [4.69, 9.17) is 0 Å². The van der Waals surface area contributed by atoms with Crippen LogP contribution in [0, 0.1) is 24.4 Å². The Hall–Kier alpha value is -1.81. The molecule has 0 aliphatic heterocycles. The van der Waals surface area contributed by atoms with Crippen LogP contribution in [0.4, 0.5) is 13.2 Å². The Morgan fingerprint density at radius 2 is 1.85 bits per heavy atom. The van der Waals surface area contributed by atoms with Crippen molar-refractivity contribution in [3.05, 3.63) is 70.0 Å². The van der Waals surface area contributed by atoms with E-state index in [1.54, 1.807) is 0 Å². The average molecular weight is 278 g/mol. The van der Waals surface area contributed by atoms with Gasteiger partial charge in [0.15, 0.2) is 0 Å². The Balaban J connectivity index is 2.25. The monoisotopic (exact) mass is 278 g/mol. The van der Waals surface area contributed by atoms with Gasteiger partial charge in [-0.15, -0.1) is 0 Å². The molecule has 1 N–H and O–H groups in total. The van der Waals surface area contributed by atoms with Crippen molar-refractivity contribution in [3.63, 3.8) is 0 Å². The molecule has 3 rings (SSSR count). The fraction of sp³-hybridized carbons (Fsp3) is 0.250. The lowest BCUT2D eigenvalue weighted by Gasteiger charge is -2.26. The minimum atomic E-state index is -1.73. The van der Waals surface area contributed by atoms with Crippen molar-refractivity contribution in [3.8, 4) is 0 Å². The van der Waals surface area contributed by atoms with Gasteiger partial charge in [0.25, 0.3) is 0 Å². The van der Waals surface area contributed by atoms with Crippen LogP contribution in [0.25, 0.3) is 0 Å². The summed E-state index contributed by atoms with van der Waals surface area (Å²) >= 11 is 0. The molecule has 1 unspecified atom stereocenters. The minimum absolute atomic E-state index is 0.142. The first-order valence-electron chi connectivity index (χ1n) is 6.40. The molecule has 1 aliphatic rings. The van der Waals surface area contributed by atoms with Gasteiger partial charge in [0.05, 0.1) is 5.56 Å². The molecule has 0 radical (unpaired) electrons. The quantitative estimate of drug-likeness (QED) is 0.845. The first kappa shape index (κ1) is 13.2. The molecular weight excluding hydrogens is 265 g/mol. The topological polar surface area (TPSA) is 20.2 Å². The standard InChI is InChI=1S/C16H13F3O/c1-9-2-5-13(18)14(15(9)19)16(20)7-6-10-8-11(17)3-4-12(10)16/h2-5,8,20H,6-7H2,1H3. The summed E-state index contributed by atoms with van der Waals surface area (Å²) in [4.78, 5) is 0. The number of hydrogen-bond donors (Lipinski definition) is 1. The molecule has 0 fully saturated rings. The summed E-state index contributed by atoms with van der Waals surface area (Å²) in [6.45, 7) is 1.52. The highest BCUT2D eigenvalue weighted by molar-refractivity contribution is 5.47. The van der Waals surface area contributed by atoms with Crippen LogP contribution in [-0.4, -0.2) is 5.11 Å². The van der Waals surface area contributed by atoms with Crippen molar-refractivity contribution < 1.29 is 18.3 Å². The maximum Gasteiger partial charge on any atom is 0.135 e. The highest BCUT2D eigenvalue weighted by atomic mass is 19.1. The van der Waals surface area contributed by atoms with Crippen LogP contribution in [0.1, 0.15) is 28.7 Å². The van der Waals surface area contributed by atoms with Gasteiger partial charge in [0.1, 0.15) is 23.1 Å². The Morgan fingerprint density at radius 3 is 2.60 bits per heavy atom. The normalized spacial score (nSPS) is 21.1. The predicted molar refractivity (Wildman–Crippen MR) is 68.8 cm³/mol. The Kier molecular flexibility index (Phi) is 2.87. The molecule has 2 aromatic rings. The van der Waals surface area contributed by atoms with E-state index in [1.165, 1.54) is 31.2 Å². The van der Waals surface area contributed by atoms with Crippen LogP contribution < -0.4 is 0 Å². The number of aryl methyl sites for hydroxylation is 2. The van der Waals surface area contributed by atoms with Gasteiger partial charge in [-0.05, 0) is 54.7 Å². The summed E-state index contributed by atoms with van der Waals surface area (Å²) in [6.07, 6.45) is 0.527. The summed E-state index contributed by atoms with van der Waals surface area (Å²) in [5, 5.41) is 10.8. The minimum Gasteiger partial charge on any atom is -0.380 e. The Morgan fingerprint density at radius 1 is 1.10 bits per heavy atom. The predicted octanol–water partition coefficient (Wildman–Crippen LogP) is 3.59. The molecule has 0 spiro atoms. The lowest BCUT2D eigenvalue weighted by Crippen LogP contribution is -2.27. The molecule has 0 saturated heterocycles. The summed E-state index contributed by atoms with van der Waals surface area (Å²) < 4.78 is 41.5. The second kappa shape index (κ2) is 4.35. The molecule has 1 atom stereocenters. The number of fused-ring (bicyclic) bond motifs is 1. The molecule has 0 aromatic heterocycles. The van der Waals surface area contributed by atoms with Crippen molar-refractivity contribution in [2.24, 2.45) is 0 Å². The van der Waals surface area contributed by atoms with Crippen molar-refractivity contribution in [2.45, 2.75) is 25.4 Å². The van der Waals surface area contributed by atoms with Gasteiger partial charge in [0.2, 0.25) is 0 Å². The highest BCUT2D eigenvalue weighted by Crippen LogP contribution is 2.44. The number of benzene rings is 2. The third-order valence-electron chi connectivity index (χ3n) is 3.97. The van der Waals surface area contributed by atoms with Crippen molar-refractivity contribution >= 4 is 0 Å². The average Bonchev–Trinajstić information content (AvgIpc) is 2.72. The molecule has 0 saturated carbocycles. The molecule has 2 aromatic carbocycles. The molecule has 0 bridgehead atoms. The smallest absolute Gasteiger partial charge is 0.135 e. The molecule has 0 amide bonds. The summed E-state index contributed by atoms with van der Waals surface area (Å²) in [6, 6.07) is 6.38. The van der Waals surface area contributed by atoms with Crippen molar-refractivity contribution in [1.29, 1.82) is 0 Å². The van der Waals surface area contributed by atoms with E-state index in [1.807, 2.05) is 0 Å². The second-order valence-corrected chi connectivity index (χ2v) is 5.22. The molecule has 0 heterocycles. The van der Waals surface area contributed by atoms with Crippen molar-refractivity contribution in [1.82, 2.24) is 0 Å². The number of hydrogen-bond acceptors (Lipinski definition) is 1. The maximum atomic E-state index is 14.3. The van der Waals surface area contributed by atoms with E-state index in [9.17, 15) is 18.3 Å². The summed E-state index contributed by atoms with van der Waals surface area (Å²) in [7, 11) is 0. The Labute approximate surface area is 114 Å². The largest absolute Gasteiger partial charge is 0.380 e. The van der Waals surface area contributed by atoms with E-state index in [-0.39, 0.29) is 17.5 Å². The van der Waals surface area contributed by atoms with Crippen LogP contribution >= 0.6 is 0 Å². The van der Waals surface area contributed by atoms with E-state index in [0.717, 1.165) is 6.07 Å². The second-order valence-electron chi connectivity index (χ2n) is 5.22. The number of aliphatic hydroxyl groups is 1. The first-order chi connectivity index (χ1) is 9.43. The fourth-order valence-corrected chi connectivity index (χ4v) is 2.92. The number of rotatable bonds is 1. The first-order valence-corrected chi connectivity index (χ1v) is 6.40. The zero-order chi connectivity index (χ0) is 14.5. The van der Waals surface area contributed by atoms with Gasteiger partial charge < -0.3 is 5.11 Å². The van der Waals surface area contributed by atoms with Crippen molar-refractivity contribution in [2.75, 3.05) is 0 Å². The van der Waals surface area contributed by atoms with Gasteiger partial charge >= 0.3 is 0 Å². The van der Waals surface area contributed by atoms with Crippen LogP contribution in [0.3, 0.4) is 0 Å². The molecule has 1 nitrogen and oxygen atoms in total. The molecule has 20 heavy (non-hydrogen) atoms. The molecule has 104 valence electrons. The van der Waals surface area contributed by atoms with Gasteiger partial charge in [0, 0.05) is 0 Å². The molecule has 1 aliphatic carbocycles. The van der Waals surface area contributed by atoms with Gasteiger partial charge in [-0.25, -0.2) is 13.2 Å². The van der Waals surface area contributed by atoms with E-state index < -0.39 is 23.1 Å². The Bertz CT molecular complexity index is 696. The van der Waals surface area contributed by atoms with Crippen LogP contribution in [-0.2, 0) is 12.0 Å². The lowest BCUT2D eigenvalue weighted by molar-refractivity contribution is 0.0744. The van der Waals surface area contributed by atoms with Gasteiger partial charge in [-0.1, -0.05) is 12.1 Å². The highest BCUT2D eigenvalue weighted by Gasteiger charge is 2.42. The third-order valence-corrected chi connectivity index (χ3v) is 3.97. The fourth-order valence-electron chi connectivity index (χ4n) is 2.92. The zero-order valence-corrected chi connectivity index (χ0v) is 10.9. The van der Waals surface area contributed by atoms with Gasteiger partial charge in [-0.2, -0.15) is 0 Å². The summed E-state index contributed by atoms with van der Waals surface area (Å²) in [5.41, 5.74) is -0.841. The van der Waals surface area contributed by atoms with Gasteiger partial charge in [-0.3, -0.25) is 0 Å². The van der Waals surface area contributed by atoms with E-state index in [2.05, 4.69) is 0 Å². The zero-order valence-electron chi connectivity index (χ0n) is 10.9. The van der Waals surface area contributed by atoms with Crippen LogP contribution in [0.2, 0.25) is 0 Å². The summed E-state index contributed by atoms with van der Waals surface area (Å²) in [5.74, 6) is -1.95. The van der Waals surface area contributed by atoms with E-state index >= 15 is 0 Å². The van der Waals surface area contributed by atoms with E-state index in [0.29, 0.717) is 17.5 Å².